The van der Waals surface area contributed by atoms with E-state index in [-0.39, 0.29) is 25.6 Å². The summed E-state index contributed by atoms with van der Waals surface area (Å²) in [5.41, 5.74) is 0. The maximum absolute atomic E-state index is 13.1. The van der Waals surface area contributed by atoms with Crippen molar-refractivity contribution in [2.24, 2.45) is 0 Å². The second-order valence-corrected chi connectivity index (χ2v) is 21.2. The Morgan fingerprint density at radius 1 is 0.446 bits per heavy atom. The second kappa shape index (κ2) is 47.2. The van der Waals surface area contributed by atoms with Gasteiger partial charge in [-0.1, -0.05) is 198 Å². The molecule has 2 fully saturated rings. The molecule has 14 heteroatoms. The molecule has 2 saturated heterocycles. The Morgan fingerprint density at radius 3 is 1.32 bits per heavy atom. The van der Waals surface area contributed by atoms with Gasteiger partial charge in [-0.15, -0.1) is 0 Å². The van der Waals surface area contributed by atoms with E-state index in [9.17, 15) is 40.5 Å². The molecule has 0 aliphatic carbocycles. The first-order chi connectivity index (χ1) is 36.1. The van der Waals surface area contributed by atoms with Crippen molar-refractivity contribution in [3.8, 4) is 0 Å². The van der Waals surface area contributed by atoms with Gasteiger partial charge in [0.15, 0.2) is 12.6 Å². The summed E-state index contributed by atoms with van der Waals surface area (Å²) in [7, 11) is 0. The van der Waals surface area contributed by atoms with E-state index in [2.05, 4.69) is 50.3 Å². The first-order valence-electron chi connectivity index (χ1n) is 30.1. The maximum atomic E-state index is 13.1. The Kier molecular flexibility index (Phi) is 43.6. The standard InChI is InChI=1S/C60H110O14/c1-3-5-7-9-11-13-15-17-19-21-23-24-25-26-28-30-32-34-36-38-40-42-44-69-46-49(72-52(62)43-41-39-37-35-33-31-29-27-22-20-18-16-14-12-10-8-6-4-2)47-70-59-58(68)56(66)54(64)51(74-59)48-71-60-57(67)55(65)53(63)50(45-61)73-60/h14,16,20-23,49-51,53-61,63-68H,3-13,15,17-19,24-48H2,1-2H3/b16-14-,22-20-,23-21-. The molecule has 0 bridgehead atoms. The molecular formula is C60H110O14. The maximum Gasteiger partial charge on any atom is 0.306 e. The normalized spacial score (nSPS) is 25.0. The Bertz CT molecular complexity index is 1360. The van der Waals surface area contributed by atoms with Crippen LogP contribution in [0, 0.1) is 0 Å². The van der Waals surface area contributed by atoms with Gasteiger partial charge in [0, 0.05) is 13.0 Å². The largest absolute Gasteiger partial charge is 0.457 e. The highest BCUT2D eigenvalue weighted by molar-refractivity contribution is 5.69. The number of carbonyl (C=O) groups is 1. The molecule has 0 spiro atoms. The summed E-state index contributed by atoms with van der Waals surface area (Å²) in [4.78, 5) is 13.1. The quantitative estimate of drug-likeness (QED) is 0.0172. The minimum Gasteiger partial charge on any atom is -0.457 e. The molecule has 74 heavy (non-hydrogen) atoms. The fraction of sp³-hybridized carbons (Fsp3) is 0.883. The molecule has 2 rings (SSSR count). The van der Waals surface area contributed by atoms with Crippen molar-refractivity contribution < 1.29 is 69.0 Å². The van der Waals surface area contributed by atoms with E-state index in [1.807, 2.05) is 0 Å². The summed E-state index contributed by atoms with van der Waals surface area (Å²) in [5, 5.41) is 72.4. The lowest BCUT2D eigenvalue weighted by molar-refractivity contribution is -0.332. The molecule has 0 aromatic carbocycles. The SMILES string of the molecule is CCCCCC/C=C\C/C=C\CCCCCCCCCC(=O)OC(COCCCCCCCCCCCC/C=C\CCCCCCCCCC)COC1OC(COC2OC(CO)C(O)C(O)C2O)C(O)C(O)C1O. The van der Waals surface area contributed by atoms with Crippen LogP contribution in [-0.4, -0.2) is 142 Å². The van der Waals surface area contributed by atoms with E-state index in [4.69, 9.17) is 28.4 Å². The molecule has 7 N–H and O–H groups in total. The number of hydrogen-bond donors (Lipinski definition) is 7. The van der Waals surface area contributed by atoms with Gasteiger partial charge >= 0.3 is 5.97 Å². The van der Waals surface area contributed by atoms with Crippen molar-refractivity contribution in [1.82, 2.24) is 0 Å². The van der Waals surface area contributed by atoms with Gasteiger partial charge in [-0.05, 0) is 70.6 Å². The van der Waals surface area contributed by atoms with Gasteiger partial charge in [-0.2, -0.15) is 0 Å². The van der Waals surface area contributed by atoms with Crippen LogP contribution < -0.4 is 0 Å². The number of rotatable bonds is 49. The molecule has 0 amide bonds. The van der Waals surface area contributed by atoms with Gasteiger partial charge in [0.2, 0.25) is 0 Å². The molecule has 2 heterocycles. The molecule has 0 radical (unpaired) electrons. The summed E-state index contributed by atoms with van der Waals surface area (Å²) < 4.78 is 34.4. The molecule has 434 valence electrons. The lowest BCUT2D eigenvalue weighted by Gasteiger charge is -2.42. The van der Waals surface area contributed by atoms with Crippen molar-refractivity contribution in [3.63, 3.8) is 0 Å². The van der Waals surface area contributed by atoms with Gasteiger partial charge < -0.3 is 64.2 Å². The molecule has 2 aliphatic rings. The molecular weight excluding hydrogens is 945 g/mol. The van der Waals surface area contributed by atoms with Gasteiger partial charge in [0.05, 0.1) is 26.4 Å². The van der Waals surface area contributed by atoms with Gasteiger partial charge in [-0.25, -0.2) is 0 Å². The van der Waals surface area contributed by atoms with Crippen molar-refractivity contribution >= 4 is 5.97 Å². The van der Waals surface area contributed by atoms with Crippen LogP contribution >= 0.6 is 0 Å². The first-order valence-corrected chi connectivity index (χ1v) is 30.1. The molecule has 11 unspecified atom stereocenters. The van der Waals surface area contributed by atoms with Crippen LogP contribution in [0.2, 0.25) is 0 Å². The highest BCUT2D eigenvalue weighted by Crippen LogP contribution is 2.27. The predicted molar refractivity (Wildman–Crippen MR) is 293 cm³/mol. The Morgan fingerprint density at radius 2 is 0.838 bits per heavy atom. The van der Waals surface area contributed by atoms with E-state index in [1.165, 1.54) is 161 Å². The monoisotopic (exact) mass is 1050 g/mol. The fourth-order valence-corrected chi connectivity index (χ4v) is 9.49. The zero-order valence-electron chi connectivity index (χ0n) is 46.6. The first kappa shape index (κ1) is 68.3. The number of ether oxygens (including phenoxy) is 6. The second-order valence-electron chi connectivity index (χ2n) is 21.2. The van der Waals surface area contributed by atoms with Crippen molar-refractivity contribution in [3.05, 3.63) is 36.5 Å². The Hall–Kier alpha value is -1.79. The Labute approximate surface area is 449 Å². The smallest absolute Gasteiger partial charge is 0.306 e. The van der Waals surface area contributed by atoms with Crippen molar-refractivity contribution in [2.45, 2.75) is 306 Å². The molecule has 0 saturated carbocycles. The van der Waals surface area contributed by atoms with E-state index in [0.29, 0.717) is 13.0 Å². The van der Waals surface area contributed by atoms with Crippen LogP contribution in [0.4, 0.5) is 0 Å². The zero-order valence-corrected chi connectivity index (χ0v) is 46.6. The third kappa shape index (κ3) is 33.5. The summed E-state index contributed by atoms with van der Waals surface area (Å²) >= 11 is 0. The minimum atomic E-state index is -1.71. The average Bonchev–Trinajstić information content (AvgIpc) is 3.40. The fourth-order valence-electron chi connectivity index (χ4n) is 9.49. The van der Waals surface area contributed by atoms with Crippen LogP contribution in [0.3, 0.4) is 0 Å². The van der Waals surface area contributed by atoms with Gasteiger partial charge in [0.1, 0.15) is 54.9 Å². The minimum absolute atomic E-state index is 0.0590. The lowest BCUT2D eigenvalue weighted by Crippen LogP contribution is -2.61. The average molecular weight is 1060 g/mol. The number of unbranched alkanes of at least 4 members (excludes halogenated alkanes) is 29. The van der Waals surface area contributed by atoms with Crippen LogP contribution in [0.15, 0.2) is 36.5 Å². The predicted octanol–water partition coefficient (Wildman–Crippen LogP) is 10.9. The number of carbonyl (C=O) groups excluding carboxylic acids is 1. The highest BCUT2D eigenvalue weighted by atomic mass is 16.7. The van der Waals surface area contributed by atoms with Crippen LogP contribution in [0.25, 0.3) is 0 Å². The third-order valence-corrected chi connectivity index (χ3v) is 14.4. The van der Waals surface area contributed by atoms with Gasteiger partial charge in [-0.3, -0.25) is 4.79 Å². The van der Waals surface area contributed by atoms with Crippen LogP contribution in [-0.2, 0) is 33.2 Å². The van der Waals surface area contributed by atoms with Crippen LogP contribution in [0.5, 0.6) is 0 Å². The van der Waals surface area contributed by atoms with E-state index < -0.39 is 80.7 Å². The number of hydrogen-bond acceptors (Lipinski definition) is 14. The topological polar surface area (TPSA) is 214 Å². The molecule has 0 aromatic rings. The molecule has 2 aliphatic heterocycles. The summed E-state index contributed by atoms with van der Waals surface area (Å²) in [6.07, 6.45) is 39.2. The number of allylic oxidation sites excluding steroid dienone is 6. The van der Waals surface area contributed by atoms with E-state index in [1.54, 1.807) is 0 Å². The van der Waals surface area contributed by atoms with Crippen molar-refractivity contribution in [2.75, 3.05) is 33.0 Å². The number of aliphatic hydroxyl groups excluding tert-OH is 7. The van der Waals surface area contributed by atoms with E-state index in [0.717, 1.165) is 51.4 Å². The lowest BCUT2D eigenvalue weighted by atomic mass is 9.98. The van der Waals surface area contributed by atoms with Crippen molar-refractivity contribution in [1.29, 1.82) is 0 Å². The number of esters is 1. The molecule has 14 nitrogen and oxygen atoms in total. The molecule has 11 atom stereocenters. The van der Waals surface area contributed by atoms with E-state index >= 15 is 0 Å². The van der Waals surface area contributed by atoms with Crippen LogP contribution in [0.1, 0.15) is 239 Å². The van der Waals surface area contributed by atoms with Gasteiger partial charge in [0.25, 0.3) is 0 Å². The zero-order chi connectivity index (χ0) is 53.7. The third-order valence-electron chi connectivity index (χ3n) is 14.4. The number of aliphatic hydroxyl groups is 7. The highest BCUT2D eigenvalue weighted by Gasteiger charge is 2.47. The molecule has 0 aromatic heterocycles. The summed E-state index contributed by atoms with van der Waals surface area (Å²) in [5.74, 6) is -0.382. The summed E-state index contributed by atoms with van der Waals surface area (Å²) in [6, 6.07) is 0. The summed E-state index contributed by atoms with van der Waals surface area (Å²) in [6.45, 7) is 3.69. The Balaban J connectivity index is 1.70.